The number of alkyl halides is 3. The molecule has 2 aromatic rings. The van der Waals surface area contributed by atoms with E-state index in [4.69, 9.17) is 0 Å². The summed E-state index contributed by atoms with van der Waals surface area (Å²) in [5, 5.41) is 0. The molecule has 0 aliphatic rings. The molecule has 0 aromatic heterocycles. The Morgan fingerprint density at radius 1 is 0.957 bits per heavy atom. The zero-order chi connectivity index (χ0) is 17.5. The molecule has 0 saturated carbocycles. The molecule has 0 radical (unpaired) electrons. The number of hydrogen-bond acceptors (Lipinski definition) is 3. The molecule has 2 rings (SSSR count). The van der Waals surface area contributed by atoms with E-state index >= 15 is 2.86 Å². The van der Waals surface area contributed by atoms with E-state index < -0.39 is 39.5 Å². The van der Waals surface area contributed by atoms with Crippen LogP contribution in [-0.4, -0.2) is 16.2 Å². The van der Waals surface area contributed by atoms with Gasteiger partial charge < -0.3 is 0 Å². The van der Waals surface area contributed by atoms with E-state index in [-0.39, 0.29) is 0 Å². The summed E-state index contributed by atoms with van der Waals surface area (Å²) in [7, 11) is -6.16. The van der Waals surface area contributed by atoms with Crippen molar-refractivity contribution < 1.29 is 43.6 Å². The van der Waals surface area contributed by atoms with Crippen LogP contribution in [0.2, 0.25) is 0 Å². The average molecular weight is 458 g/mol. The van der Waals surface area contributed by atoms with Gasteiger partial charge >= 0.3 is 138 Å². The standard InChI is InChI=1S/C15H15F3IO3S/c1-11-8-12(2)10-14(9-11)19(18,13-6-4-3-5-7-13)15(16,17)23(20,21)22/h3-10H,1-2H3,(H,20,21,22)/q-1/p-1. The van der Waals surface area contributed by atoms with Crippen molar-refractivity contribution in [2.75, 3.05) is 0 Å². The Kier molecular flexibility index (Phi) is 4.80. The van der Waals surface area contributed by atoms with Crippen LogP contribution >= 0.6 is 0 Å². The number of rotatable bonds is 4. The molecule has 0 aliphatic carbocycles. The van der Waals surface area contributed by atoms with Crippen molar-refractivity contribution in [3.8, 4) is 0 Å². The molecule has 1 unspecified atom stereocenters. The zero-order valence-electron chi connectivity index (χ0n) is 12.3. The third kappa shape index (κ3) is 3.11. The van der Waals surface area contributed by atoms with Crippen molar-refractivity contribution in [3.63, 3.8) is 0 Å². The number of halogens is 4. The third-order valence-electron chi connectivity index (χ3n) is 3.11. The number of hydrogen-bond donors (Lipinski definition) is 0. The van der Waals surface area contributed by atoms with Gasteiger partial charge in [-0.15, -0.1) is 0 Å². The van der Waals surface area contributed by atoms with E-state index in [1.165, 1.54) is 30.3 Å². The molecule has 0 fully saturated rings. The Hall–Kier alpha value is -1.13. The van der Waals surface area contributed by atoms with E-state index in [2.05, 4.69) is 0 Å². The summed E-state index contributed by atoms with van der Waals surface area (Å²) < 4.78 is 72.1. The van der Waals surface area contributed by atoms with Crippen LogP contribution in [-0.2, 0) is 10.1 Å². The molecule has 8 heteroatoms. The van der Waals surface area contributed by atoms with E-state index in [1.54, 1.807) is 19.9 Å². The Bertz CT molecular complexity index is 805. The van der Waals surface area contributed by atoms with Gasteiger partial charge in [0.1, 0.15) is 0 Å². The molecule has 0 bridgehead atoms. The van der Waals surface area contributed by atoms with Crippen LogP contribution in [0, 0.1) is 21.0 Å². The summed E-state index contributed by atoms with van der Waals surface area (Å²) >= 11 is -6.22. The predicted octanol–water partition coefficient (Wildman–Crippen LogP) is 0.483. The fraction of sp³-hybridized carbons (Fsp3) is 0.200. The zero-order valence-corrected chi connectivity index (χ0v) is 15.2. The molecule has 0 saturated heterocycles. The van der Waals surface area contributed by atoms with Crippen LogP contribution in [0.15, 0.2) is 48.5 Å². The topological polar surface area (TPSA) is 57.2 Å². The van der Waals surface area contributed by atoms with Gasteiger partial charge in [0.15, 0.2) is 0 Å². The van der Waals surface area contributed by atoms with Gasteiger partial charge in [0.2, 0.25) is 0 Å². The molecule has 2 aromatic carbocycles. The van der Waals surface area contributed by atoms with Crippen molar-refractivity contribution in [2.24, 2.45) is 0 Å². The fourth-order valence-electron chi connectivity index (χ4n) is 2.17. The number of aryl methyl sites for hydroxylation is 2. The second-order valence-corrected chi connectivity index (χ2v) is 13.8. The molecular weight excluding hydrogens is 444 g/mol. The first kappa shape index (κ1) is 18.2. The average Bonchev–Trinajstić information content (AvgIpc) is 2.45. The van der Waals surface area contributed by atoms with Crippen LogP contribution in [0.3, 0.4) is 0 Å². The maximum atomic E-state index is 15.7. The van der Waals surface area contributed by atoms with Crippen molar-refractivity contribution in [3.05, 3.63) is 66.8 Å². The summed E-state index contributed by atoms with van der Waals surface area (Å²) in [6.45, 7) is 3.18. The van der Waals surface area contributed by atoms with Crippen LogP contribution in [0.25, 0.3) is 0 Å². The SMILES string of the molecule is Cc1cc(C)cc([I-](F)(c2ccccc2)C(F)(F)S(=O)(=O)[O-])c1. The van der Waals surface area contributed by atoms with Gasteiger partial charge in [-0.3, -0.25) is 0 Å². The molecule has 23 heavy (non-hydrogen) atoms. The summed E-state index contributed by atoms with van der Waals surface area (Å²) in [6, 6.07) is 10.4. The Balaban J connectivity index is 2.86. The maximum absolute atomic E-state index is 15.7. The van der Waals surface area contributed by atoms with Gasteiger partial charge in [0.05, 0.1) is 0 Å². The van der Waals surface area contributed by atoms with E-state index in [0.29, 0.717) is 11.1 Å². The Morgan fingerprint density at radius 2 is 1.43 bits per heavy atom. The predicted molar refractivity (Wildman–Crippen MR) is 75.5 cm³/mol. The summed E-state index contributed by atoms with van der Waals surface area (Å²) in [6.07, 6.45) is 0. The van der Waals surface area contributed by atoms with Crippen molar-refractivity contribution in [1.82, 2.24) is 0 Å². The van der Waals surface area contributed by atoms with Crippen molar-refractivity contribution >= 4 is 10.1 Å². The normalized spacial score (nSPS) is 16.6. The summed E-state index contributed by atoms with van der Waals surface area (Å²) in [5.41, 5.74) is 1.03. The van der Waals surface area contributed by atoms with E-state index in [1.807, 2.05) is 0 Å². The summed E-state index contributed by atoms with van der Waals surface area (Å²) in [5.74, 6) is 0. The first-order valence-corrected chi connectivity index (χ1v) is 11.9. The Morgan fingerprint density at radius 3 is 1.87 bits per heavy atom. The third-order valence-corrected chi connectivity index (χ3v) is 13.2. The molecule has 3 nitrogen and oxygen atoms in total. The second-order valence-electron chi connectivity index (χ2n) is 5.00. The molecule has 128 valence electrons. The Labute approximate surface area is 137 Å². The van der Waals surface area contributed by atoms with E-state index in [9.17, 15) is 21.8 Å². The van der Waals surface area contributed by atoms with Gasteiger partial charge in [0.25, 0.3) is 0 Å². The molecule has 0 N–H and O–H groups in total. The number of benzene rings is 2. The first-order valence-electron chi connectivity index (χ1n) is 6.43. The van der Waals surface area contributed by atoms with Crippen LogP contribution in [0.4, 0.5) is 11.6 Å². The van der Waals surface area contributed by atoms with E-state index in [0.717, 1.165) is 12.1 Å². The molecular formula is C15H14F3IO3S-2. The minimum atomic E-state index is -6.22. The van der Waals surface area contributed by atoms with Crippen molar-refractivity contribution in [2.45, 2.75) is 17.1 Å². The molecule has 1 atom stereocenters. The summed E-state index contributed by atoms with van der Waals surface area (Å²) in [4.78, 5) is 0. The van der Waals surface area contributed by atoms with Gasteiger partial charge in [0, 0.05) is 0 Å². The fourth-order valence-corrected chi connectivity index (χ4v) is 11.3. The van der Waals surface area contributed by atoms with Crippen molar-refractivity contribution in [1.29, 1.82) is 0 Å². The quantitative estimate of drug-likeness (QED) is 0.381. The molecule has 0 aliphatic heterocycles. The van der Waals surface area contributed by atoms with Gasteiger partial charge in [-0.2, -0.15) is 0 Å². The van der Waals surface area contributed by atoms with Gasteiger partial charge in [-0.25, -0.2) is 0 Å². The molecule has 0 amide bonds. The van der Waals surface area contributed by atoms with Gasteiger partial charge in [-0.05, 0) is 0 Å². The first-order chi connectivity index (χ1) is 10.5. The second kappa shape index (κ2) is 6.06. The van der Waals surface area contributed by atoms with Crippen LogP contribution in [0.5, 0.6) is 0 Å². The molecule has 0 spiro atoms. The van der Waals surface area contributed by atoms with Crippen LogP contribution < -0.4 is 19.0 Å². The minimum absolute atomic E-state index is 0.398. The molecule has 0 heterocycles. The monoisotopic (exact) mass is 458 g/mol. The van der Waals surface area contributed by atoms with Crippen LogP contribution in [0.1, 0.15) is 11.1 Å². The van der Waals surface area contributed by atoms with Gasteiger partial charge in [-0.1, -0.05) is 0 Å².